The fraction of sp³-hybridized carbons (Fsp3) is 1.00. The third-order valence-corrected chi connectivity index (χ3v) is 3.25. The Morgan fingerprint density at radius 1 is 0.818 bits per heavy atom. The minimum Gasteiger partial charge on any atom is -0.396 e. The van der Waals surface area contributed by atoms with Crippen molar-refractivity contribution >= 4 is 0 Å². The standard InChI is InChI=1S/C9H20O4.C6H14O3/c1-7(11)5-12-9(3)6-13-8(2)4-10;1-2-6(3-7,4-8)5-9/h7-11H,4-6H2,1-3H3;7-9H,2-5H2,1H3. The lowest BCUT2D eigenvalue weighted by atomic mass is 9.88. The van der Waals surface area contributed by atoms with Crippen LogP contribution in [0.4, 0.5) is 0 Å². The van der Waals surface area contributed by atoms with E-state index in [4.69, 9.17) is 35.0 Å². The van der Waals surface area contributed by atoms with Crippen LogP contribution in [0.25, 0.3) is 0 Å². The zero-order valence-corrected chi connectivity index (χ0v) is 14.2. The first-order valence-corrected chi connectivity index (χ1v) is 7.65. The Bertz CT molecular complexity index is 214. The summed E-state index contributed by atoms with van der Waals surface area (Å²) in [6.45, 7) is 7.46. The molecule has 0 aromatic rings. The summed E-state index contributed by atoms with van der Waals surface area (Å²) in [5, 5.41) is 43.5. The molecule has 0 aliphatic rings. The Balaban J connectivity index is 0. The fourth-order valence-corrected chi connectivity index (χ4v) is 1.19. The van der Waals surface area contributed by atoms with E-state index in [-0.39, 0.29) is 38.6 Å². The molecule has 0 spiro atoms. The molecule has 0 aliphatic heterocycles. The molecule has 0 saturated carbocycles. The number of aliphatic hydroxyl groups is 5. The molecule has 0 aromatic heterocycles. The first-order chi connectivity index (χ1) is 10.3. The van der Waals surface area contributed by atoms with Gasteiger partial charge in [0.25, 0.3) is 0 Å². The molecule has 7 nitrogen and oxygen atoms in total. The zero-order chi connectivity index (χ0) is 17.6. The van der Waals surface area contributed by atoms with Crippen molar-refractivity contribution in [2.45, 2.75) is 52.4 Å². The molecule has 22 heavy (non-hydrogen) atoms. The molecule has 0 amide bonds. The average molecular weight is 326 g/mol. The predicted molar refractivity (Wildman–Crippen MR) is 83.6 cm³/mol. The van der Waals surface area contributed by atoms with Crippen LogP contribution in [0.2, 0.25) is 0 Å². The van der Waals surface area contributed by atoms with Gasteiger partial charge in [-0.05, 0) is 27.2 Å². The van der Waals surface area contributed by atoms with E-state index in [0.717, 1.165) is 0 Å². The second-order valence-corrected chi connectivity index (χ2v) is 5.65. The van der Waals surface area contributed by atoms with E-state index in [1.54, 1.807) is 13.8 Å². The maximum absolute atomic E-state index is 8.92. The van der Waals surface area contributed by atoms with Gasteiger partial charge in [-0.2, -0.15) is 0 Å². The Labute approximate surface area is 133 Å². The van der Waals surface area contributed by atoms with Crippen LogP contribution in [0.3, 0.4) is 0 Å². The Kier molecular flexibility index (Phi) is 15.6. The summed E-state index contributed by atoms with van der Waals surface area (Å²) in [6, 6.07) is 0. The van der Waals surface area contributed by atoms with Crippen molar-refractivity contribution in [3.63, 3.8) is 0 Å². The first-order valence-electron chi connectivity index (χ1n) is 7.65. The maximum Gasteiger partial charge on any atom is 0.0781 e. The Hall–Kier alpha value is -0.280. The van der Waals surface area contributed by atoms with Gasteiger partial charge in [0.2, 0.25) is 0 Å². The van der Waals surface area contributed by atoms with Gasteiger partial charge in [-0.25, -0.2) is 0 Å². The molecule has 3 atom stereocenters. The largest absolute Gasteiger partial charge is 0.396 e. The van der Waals surface area contributed by atoms with E-state index in [9.17, 15) is 0 Å². The first kappa shape index (κ1) is 24.0. The van der Waals surface area contributed by atoms with Gasteiger partial charge in [-0.15, -0.1) is 0 Å². The summed E-state index contributed by atoms with van der Waals surface area (Å²) >= 11 is 0. The number of hydrogen-bond acceptors (Lipinski definition) is 7. The highest BCUT2D eigenvalue weighted by Crippen LogP contribution is 2.18. The number of hydrogen-bond donors (Lipinski definition) is 5. The van der Waals surface area contributed by atoms with E-state index < -0.39 is 11.5 Å². The van der Waals surface area contributed by atoms with Crippen molar-refractivity contribution in [2.75, 3.05) is 39.6 Å². The van der Waals surface area contributed by atoms with Crippen molar-refractivity contribution in [2.24, 2.45) is 5.41 Å². The van der Waals surface area contributed by atoms with Gasteiger partial charge >= 0.3 is 0 Å². The van der Waals surface area contributed by atoms with E-state index in [2.05, 4.69) is 0 Å². The van der Waals surface area contributed by atoms with Crippen LogP contribution >= 0.6 is 0 Å². The molecule has 0 heterocycles. The molecular weight excluding hydrogens is 292 g/mol. The van der Waals surface area contributed by atoms with Crippen molar-refractivity contribution in [3.8, 4) is 0 Å². The molecular formula is C15H34O7. The third kappa shape index (κ3) is 12.3. The second-order valence-electron chi connectivity index (χ2n) is 5.65. The molecule has 0 rings (SSSR count). The molecule has 7 heteroatoms. The van der Waals surface area contributed by atoms with Gasteiger partial charge in [0, 0.05) is 5.41 Å². The fourth-order valence-electron chi connectivity index (χ4n) is 1.19. The number of ether oxygens (including phenoxy) is 2. The average Bonchev–Trinajstić information content (AvgIpc) is 2.54. The lowest BCUT2D eigenvalue weighted by molar-refractivity contribution is -0.0620. The second kappa shape index (κ2) is 14.3. The topological polar surface area (TPSA) is 120 Å². The number of rotatable bonds is 11. The van der Waals surface area contributed by atoms with Gasteiger partial charge in [0.05, 0.1) is 58.0 Å². The molecule has 136 valence electrons. The lowest BCUT2D eigenvalue weighted by Gasteiger charge is -2.24. The predicted octanol–water partition coefficient (Wildman–Crippen LogP) is -0.471. The molecule has 0 fully saturated rings. The van der Waals surface area contributed by atoms with Gasteiger partial charge in [-0.1, -0.05) is 6.92 Å². The van der Waals surface area contributed by atoms with Crippen molar-refractivity contribution in [1.82, 2.24) is 0 Å². The highest BCUT2D eigenvalue weighted by Gasteiger charge is 2.24. The molecule has 5 N–H and O–H groups in total. The van der Waals surface area contributed by atoms with Gasteiger partial charge in [0.1, 0.15) is 0 Å². The zero-order valence-electron chi connectivity index (χ0n) is 14.2. The van der Waals surface area contributed by atoms with Crippen molar-refractivity contribution in [3.05, 3.63) is 0 Å². The summed E-state index contributed by atoms with van der Waals surface area (Å²) < 4.78 is 10.5. The SMILES string of the molecule is CC(O)COC(C)COC(C)CO.CCC(CO)(CO)CO. The van der Waals surface area contributed by atoms with Crippen LogP contribution in [0.1, 0.15) is 34.1 Å². The highest BCUT2D eigenvalue weighted by molar-refractivity contribution is 4.74. The summed E-state index contributed by atoms with van der Waals surface area (Å²) in [5.41, 5.74) is -0.667. The van der Waals surface area contributed by atoms with Gasteiger partial charge in [0.15, 0.2) is 0 Å². The lowest BCUT2D eigenvalue weighted by Crippen LogP contribution is -2.32. The van der Waals surface area contributed by atoms with Crippen molar-refractivity contribution in [1.29, 1.82) is 0 Å². The molecule has 0 aliphatic carbocycles. The summed E-state index contributed by atoms with van der Waals surface area (Å²) in [7, 11) is 0. The molecule has 0 radical (unpaired) electrons. The summed E-state index contributed by atoms with van der Waals surface area (Å²) in [5.74, 6) is 0. The normalized spacial score (nSPS) is 15.7. The van der Waals surface area contributed by atoms with Crippen LogP contribution in [0.5, 0.6) is 0 Å². The smallest absolute Gasteiger partial charge is 0.0781 e. The molecule has 0 aromatic carbocycles. The maximum atomic E-state index is 8.92. The van der Waals surface area contributed by atoms with E-state index >= 15 is 0 Å². The minimum atomic E-state index is -0.667. The monoisotopic (exact) mass is 326 g/mol. The van der Waals surface area contributed by atoms with E-state index in [0.29, 0.717) is 19.6 Å². The van der Waals surface area contributed by atoms with E-state index in [1.807, 2.05) is 13.8 Å². The third-order valence-electron chi connectivity index (χ3n) is 3.25. The van der Waals surface area contributed by atoms with Gasteiger partial charge < -0.3 is 35.0 Å². The van der Waals surface area contributed by atoms with E-state index in [1.165, 1.54) is 0 Å². The summed E-state index contributed by atoms with van der Waals surface area (Å²) in [4.78, 5) is 0. The Morgan fingerprint density at radius 2 is 1.27 bits per heavy atom. The van der Waals surface area contributed by atoms with Gasteiger partial charge in [-0.3, -0.25) is 0 Å². The van der Waals surface area contributed by atoms with Crippen LogP contribution in [-0.4, -0.2) is 83.5 Å². The highest BCUT2D eigenvalue weighted by atomic mass is 16.5. The molecule has 0 saturated heterocycles. The molecule has 0 bridgehead atoms. The minimum absolute atomic E-state index is 0.0170. The van der Waals surface area contributed by atoms with Crippen LogP contribution < -0.4 is 0 Å². The van der Waals surface area contributed by atoms with Crippen LogP contribution in [0.15, 0.2) is 0 Å². The quantitative estimate of drug-likeness (QED) is 0.348. The summed E-state index contributed by atoms with van der Waals surface area (Å²) in [6.07, 6.45) is -0.0600. The molecule has 3 unspecified atom stereocenters. The van der Waals surface area contributed by atoms with Crippen molar-refractivity contribution < 1.29 is 35.0 Å². The Morgan fingerprint density at radius 3 is 1.55 bits per heavy atom. The number of aliphatic hydroxyl groups excluding tert-OH is 5. The van der Waals surface area contributed by atoms with Crippen LogP contribution in [0, 0.1) is 5.41 Å². The van der Waals surface area contributed by atoms with Crippen LogP contribution in [-0.2, 0) is 9.47 Å².